The van der Waals surface area contributed by atoms with Gasteiger partial charge in [-0.1, -0.05) is 48.5 Å². The summed E-state index contributed by atoms with van der Waals surface area (Å²) in [6.45, 7) is 0. The third-order valence-corrected chi connectivity index (χ3v) is 5.14. The van der Waals surface area contributed by atoms with Crippen molar-refractivity contribution in [3.05, 3.63) is 89.7 Å². The smallest absolute Gasteiger partial charge is 0.175 e. The first-order valence-corrected chi connectivity index (χ1v) is 9.58. The summed E-state index contributed by atoms with van der Waals surface area (Å²) in [6, 6.07) is 19.6. The van der Waals surface area contributed by atoms with Gasteiger partial charge in [0.1, 0.15) is 11.9 Å². The second kappa shape index (κ2) is 6.78. The van der Waals surface area contributed by atoms with E-state index in [0.717, 1.165) is 17.4 Å². The van der Waals surface area contributed by atoms with Crippen LogP contribution >= 0.6 is 0 Å². The standard InChI is InChI=1S/C20H17FO3S/c1-25(23,24)17-11-9-14(10-12-17)18-7-2-3-8-19(18)20(22)15-5-4-6-16(21)13-15/h2-13,20,22H,1H3/t20-/m0/s1. The molecule has 0 amide bonds. The monoisotopic (exact) mass is 356 g/mol. The number of benzene rings is 3. The van der Waals surface area contributed by atoms with Crippen LogP contribution in [0, 0.1) is 5.82 Å². The van der Waals surface area contributed by atoms with E-state index in [0.29, 0.717) is 11.1 Å². The van der Waals surface area contributed by atoms with Crippen LogP contribution in [0.1, 0.15) is 17.2 Å². The Balaban J connectivity index is 2.04. The molecule has 25 heavy (non-hydrogen) atoms. The highest BCUT2D eigenvalue weighted by Gasteiger charge is 2.16. The number of hydrogen-bond donors (Lipinski definition) is 1. The van der Waals surface area contributed by atoms with Crippen LogP contribution in [0.3, 0.4) is 0 Å². The largest absolute Gasteiger partial charge is 0.384 e. The fourth-order valence-corrected chi connectivity index (χ4v) is 3.37. The lowest BCUT2D eigenvalue weighted by Gasteiger charge is -2.16. The van der Waals surface area contributed by atoms with Gasteiger partial charge >= 0.3 is 0 Å². The first kappa shape index (κ1) is 17.3. The van der Waals surface area contributed by atoms with E-state index in [9.17, 15) is 17.9 Å². The van der Waals surface area contributed by atoms with Crippen molar-refractivity contribution in [2.75, 3.05) is 6.26 Å². The van der Waals surface area contributed by atoms with Crippen molar-refractivity contribution in [3.63, 3.8) is 0 Å². The SMILES string of the molecule is CS(=O)(=O)c1ccc(-c2ccccc2[C@@H](O)c2cccc(F)c2)cc1. The molecule has 3 aromatic carbocycles. The molecule has 0 aliphatic rings. The first-order valence-electron chi connectivity index (χ1n) is 7.69. The Morgan fingerprint density at radius 1 is 0.920 bits per heavy atom. The number of sulfone groups is 1. The quantitative estimate of drug-likeness (QED) is 0.769. The van der Waals surface area contributed by atoms with Gasteiger partial charge in [-0.25, -0.2) is 12.8 Å². The van der Waals surface area contributed by atoms with E-state index in [4.69, 9.17) is 0 Å². The maximum Gasteiger partial charge on any atom is 0.175 e. The molecule has 0 bridgehead atoms. The molecule has 128 valence electrons. The summed E-state index contributed by atoms with van der Waals surface area (Å²) in [4.78, 5) is 0.236. The lowest BCUT2D eigenvalue weighted by molar-refractivity contribution is 0.220. The molecule has 0 unspecified atom stereocenters. The summed E-state index contributed by atoms with van der Waals surface area (Å²) in [5.74, 6) is -0.411. The molecule has 0 saturated heterocycles. The third kappa shape index (κ3) is 3.78. The highest BCUT2D eigenvalue weighted by atomic mass is 32.2. The molecule has 0 heterocycles. The van der Waals surface area contributed by atoms with Crippen molar-refractivity contribution in [1.29, 1.82) is 0 Å². The molecule has 0 aliphatic heterocycles. The summed E-state index contributed by atoms with van der Waals surface area (Å²) in [5.41, 5.74) is 2.62. The van der Waals surface area contributed by atoms with E-state index in [1.807, 2.05) is 12.1 Å². The average molecular weight is 356 g/mol. The molecule has 0 aliphatic carbocycles. The fourth-order valence-electron chi connectivity index (χ4n) is 2.74. The van der Waals surface area contributed by atoms with Gasteiger partial charge in [-0.3, -0.25) is 0 Å². The number of hydrogen-bond acceptors (Lipinski definition) is 3. The first-order chi connectivity index (χ1) is 11.9. The molecule has 3 rings (SSSR count). The van der Waals surface area contributed by atoms with Crippen LogP contribution in [0.4, 0.5) is 4.39 Å². The number of aliphatic hydroxyl groups is 1. The van der Waals surface area contributed by atoms with Gasteiger partial charge in [0, 0.05) is 6.26 Å². The van der Waals surface area contributed by atoms with Gasteiger partial charge in [0.25, 0.3) is 0 Å². The number of aliphatic hydroxyl groups excluding tert-OH is 1. The minimum Gasteiger partial charge on any atom is -0.384 e. The predicted octanol–water partition coefficient (Wildman–Crippen LogP) is 3.98. The van der Waals surface area contributed by atoms with Gasteiger partial charge in [-0.2, -0.15) is 0 Å². The zero-order valence-electron chi connectivity index (χ0n) is 13.6. The van der Waals surface area contributed by atoms with Gasteiger partial charge in [-0.15, -0.1) is 0 Å². The van der Waals surface area contributed by atoms with Gasteiger partial charge < -0.3 is 5.11 Å². The van der Waals surface area contributed by atoms with Crippen molar-refractivity contribution in [2.24, 2.45) is 0 Å². The Bertz CT molecular complexity index is 995. The Labute approximate surface area is 146 Å². The molecule has 0 radical (unpaired) electrons. The van der Waals surface area contributed by atoms with Crippen molar-refractivity contribution < 1.29 is 17.9 Å². The van der Waals surface area contributed by atoms with Crippen LogP contribution in [0.25, 0.3) is 11.1 Å². The van der Waals surface area contributed by atoms with Crippen LogP contribution < -0.4 is 0 Å². The number of rotatable bonds is 4. The van der Waals surface area contributed by atoms with E-state index in [2.05, 4.69) is 0 Å². The lowest BCUT2D eigenvalue weighted by Crippen LogP contribution is -2.02. The molecule has 1 N–H and O–H groups in total. The molecule has 0 aromatic heterocycles. The second-order valence-corrected chi connectivity index (χ2v) is 7.86. The molecular formula is C20H17FO3S. The summed E-state index contributed by atoms with van der Waals surface area (Å²) >= 11 is 0. The third-order valence-electron chi connectivity index (χ3n) is 4.01. The lowest BCUT2D eigenvalue weighted by atomic mass is 9.93. The maximum atomic E-state index is 13.5. The summed E-state index contributed by atoms with van der Waals surface area (Å²) in [6.07, 6.45) is 0.172. The van der Waals surface area contributed by atoms with E-state index < -0.39 is 21.8 Å². The molecule has 0 fully saturated rings. The normalized spacial score (nSPS) is 12.8. The van der Waals surface area contributed by atoms with Crippen LogP contribution in [0.15, 0.2) is 77.7 Å². The zero-order valence-corrected chi connectivity index (χ0v) is 14.4. The van der Waals surface area contributed by atoms with E-state index in [1.54, 1.807) is 36.4 Å². The van der Waals surface area contributed by atoms with Gasteiger partial charge in [0.15, 0.2) is 9.84 Å². The van der Waals surface area contributed by atoms with E-state index in [1.165, 1.54) is 24.3 Å². The summed E-state index contributed by atoms with van der Waals surface area (Å²) < 4.78 is 36.6. The van der Waals surface area contributed by atoms with Crippen LogP contribution in [0.5, 0.6) is 0 Å². The zero-order chi connectivity index (χ0) is 18.0. The molecule has 0 saturated carbocycles. The maximum absolute atomic E-state index is 13.5. The minimum absolute atomic E-state index is 0.236. The molecule has 3 aromatic rings. The summed E-state index contributed by atoms with van der Waals surface area (Å²) in [5, 5.41) is 10.7. The highest BCUT2D eigenvalue weighted by molar-refractivity contribution is 7.90. The van der Waals surface area contributed by atoms with Crippen molar-refractivity contribution in [1.82, 2.24) is 0 Å². The highest BCUT2D eigenvalue weighted by Crippen LogP contribution is 2.32. The Hall–Kier alpha value is -2.50. The molecule has 5 heteroatoms. The van der Waals surface area contributed by atoms with Crippen LogP contribution in [-0.4, -0.2) is 19.8 Å². The van der Waals surface area contributed by atoms with Crippen LogP contribution in [0.2, 0.25) is 0 Å². The van der Waals surface area contributed by atoms with Crippen molar-refractivity contribution >= 4 is 9.84 Å². The average Bonchev–Trinajstić information content (AvgIpc) is 2.60. The summed E-state index contributed by atoms with van der Waals surface area (Å²) in [7, 11) is -3.27. The Morgan fingerprint density at radius 3 is 2.24 bits per heavy atom. The Kier molecular flexibility index (Phi) is 4.70. The van der Waals surface area contributed by atoms with Gasteiger partial charge in [-0.05, 0) is 46.5 Å². The minimum atomic E-state index is -3.27. The van der Waals surface area contributed by atoms with E-state index >= 15 is 0 Å². The van der Waals surface area contributed by atoms with Crippen molar-refractivity contribution in [3.8, 4) is 11.1 Å². The molecule has 1 atom stereocenters. The van der Waals surface area contributed by atoms with Gasteiger partial charge in [0.2, 0.25) is 0 Å². The van der Waals surface area contributed by atoms with Gasteiger partial charge in [0.05, 0.1) is 4.90 Å². The van der Waals surface area contributed by atoms with E-state index in [-0.39, 0.29) is 4.90 Å². The van der Waals surface area contributed by atoms with Crippen LogP contribution in [-0.2, 0) is 9.84 Å². The topological polar surface area (TPSA) is 54.4 Å². The number of halogens is 1. The Morgan fingerprint density at radius 2 is 1.60 bits per heavy atom. The van der Waals surface area contributed by atoms with Crippen molar-refractivity contribution in [2.45, 2.75) is 11.0 Å². The molecular weight excluding hydrogens is 339 g/mol. The fraction of sp³-hybridized carbons (Fsp3) is 0.100. The second-order valence-electron chi connectivity index (χ2n) is 5.84. The predicted molar refractivity (Wildman–Crippen MR) is 95.4 cm³/mol. The molecule has 3 nitrogen and oxygen atoms in total. The molecule has 0 spiro atoms.